The highest BCUT2D eigenvalue weighted by Gasteiger charge is 2.14. The molecule has 0 atom stereocenters. The van der Waals surface area contributed by atoms with E-state index in [4.69, 9.17) is 5.11 Å². The zero-order valence-corrected chi connectivity index (χ0v) is 14.9. The second kappa shape index (κ2) is 6.98. The first-order valence-corrected chi connectivity index (χ1v) is 8.53. The van der Waals surface area contributed by atoms with Crippen LogP contribution in [0.2, 0.25) is 0 Å². The Morgan fingerprint density at radius 1 is 0.920 bits per heavy atom. The molecule has 0 saturated heterocycles. The van der Waals surface area contributed by atoms with Crippen LogP contribution in [-0.4, -0.2) is 15.6 Å². The molecule has 0 aliphatic rings. The molecule has 0 amide bonds. The minimum absolute atomic E-state index is 0.127. The number of carbonyl (C=O) groups is 1. The van der Waals surface area contributed by atoms with Gasteiger partial charge in [0.2, 0.25) is 0 Å². The smallest absolute Gasteiger partial charge is 0.303 e. The lowest BCUT2D eigenvalue weighted by Gasteiger charge is -2.17. The highest BCUT2D eigenvalue weighted by molar-refractivity contribution is 5.68. The van der Waals surface area contributed by atoms with Gasteiger partial charge in [-0.2, -0.15) is 0 Å². The van der Waals surface area contributed by atoms with Crippen molar-refractivity contribution in [3.8, 4) is 16.9 Å². The van der Waals surface area contributed by atoms with E-state index < -0.39 is 5.97 Å². The largest absolute Gasteiger partial charge is 0.481 e. The third kappa shape index (κ3) is 3.66. The molecule has 1 N–H and O–H groups in total. The molecule has 0 saturated carbocycles. The zero-order valence-electron chi connectivity index (χ0n) is 14.9. The number of hydrogen-bond acceptors (Lipinski definition) is 1. The topological polar surface area (TPSA) is 42.2 Å². The third-order valence-electron chi connectivity index (χ3n) is 4.50. The fraction of sp³-hybridized carbons (Fsp3) is 0.227. The lowest BCUT2D eigenvalue weighted by Crippen LogP contribution is -2.06. The van der Waals surface area contributed by atoms with Crippen LogP contribution in [0.25, 0.3) is 16.9 Å². The summed E-state index contributed by atoms with van der Waals surface area (Å²) >= 11 is 0. The van der Waals surface area contributed by atoms with E-state index in [0.717, 1.165) is 22.6 Å². The summed E-state index contributed by atoms with van der Waals surface area (Å²) in [6.07, 6.45) is 0.636. The molecule has 0 unspecified atom stereocenters. The number of aromatic nitrogens is 1. The molecule has 3 rings (SSSR count). The maximum absolute atomic E-state index is 11.0. The standard InChI is InChI=1S/C22H23NO2/c1-15-4-7-18(8-5-15)21-12-9-19(10-13-22(24)25)23(21)20-11-6-16(2)14-17(20)3/h4-9,11-12,14H,10,13H2,1-3H3,(H,24,25). The van der Waals surface area contributed by atoms with Crippen molar-refractivity contribution in [3.05, 3.63) is 77.0 Å². The van der Waals surface area contributed by atoms with Gasteiger partial charge in [-0.25, -0.2) is 0 Å². The molecule has 2 aromatic carbocycles. The van der Waals surface area contributed by atoms with E-state index >= 15 is 0 Å². The Bertz CT molecular complexity index is 904. The van der Waals surface area contributed by atoms with Crippen LogP contribution in [0, 0.1) is 20.8 Å². The van der Waals surface area contributed by atoms with E-state index in [-0.39, 0.29) is 6.42 Å². The molecular formula is C22H23NO2. The first kappa shape index (κ1) is 17.0. The number of rotatable bonds is 5. The normalized spacial score (nSPS) is 10.8. The molecule has 0 spiro atoms. The zero-order chi connectivity index (χ0) is 18.0. The minimum atomic E-state index is -0.773. The number of carboxylic acids is 1. The predicted molar refractivity (Wildman–Crippen MR) is 101 cm³/mol. The average molecular weight is 333 g/mol. The molecule has 1 aromatic heterocycles. The highest BCUT2D eigenvalue weighted by atomic mass is 16.4. The van der Waals surface area contributed by atoms with Gasteiger partial charge in [-0.15, -0.1) is 0 Å². The van der Waals surface area contributed by atoms with Crippen molar-refractivity contribution < 1.29 is 9.90 Å². The summed E-state index contributed by atoms with van der Waals surface area (Å²) in [4.78, 5) is 11.0. The minimum Gasteiger partial charge on any atom is -0.481 e. The van der Waals surface area contributed by atoms with Gasteiger partial charge in [0.15, 0.2) is 0 Å². The molecular weight excluding hydrogens is 310 g/mol. The van der Waals surface area contributed by atoms with Crippen molar-refractivity contribution in [2.24, 2.45) is 0 Å². The van der Waals surface area contributed by atoms with Gasteiger partial charge in [0.25, 0.3) is 0 Å². The van der Waals surface area contributed by atoms with E-state index in [2.05, 4.69) is 73.9 Å². The summed E-state index contributed by atoms with van der Waals surface area (Å²) in [5.41, 5.74) is 7.97. The van der Waals surface area contributed by atoms with Gasteiger partial charge in [0, 0.05) is 11.4 Å². The van der Waals surface area contributed by atoms with Crippen molar-refractivity contribution in [1.82, 2.24) is 4.57 Å². The van der Waals surface area contributed by atoms with E-state index in [1.165, 1.54) is 16.7 Å². The van der Waals surface area contributed by atoms with Crippen LogP contribution in [0.4, 0.5) is 0 Å². The maximum Gasteiger partial charge on any atom is 0.303 e. The quantitative estimate of drug-likeness (QED) is 0.707. The van der Waals surface area contributed by atoms with E-state index in [1.54, 1.807) is 0 Å². The summed E-state index contributed by atoms with van der Waals surface area (Å²) in [6, 6.07) is 18.9. The molecule has 0 aliphatic heterocycles. The molecule has 3 nitrogen and oxygen atoms in total. The average Bonchev–Trinajstić information content (AvgIpc) is 2.97. The van der Waals surface area contributed by atoms with Crippen LogP contribution >= 0.6 is 0 Å². The summed E-state index contributed by atoms with van der Waals surface area (Å²) in [5, 5.41) is 9.07. The first-order chi connectivity index (χ1) is 12.0. The summed E-state index contributed by atoms with van der Waals surface area (Å²) in [7, 11) is 0. The van der Waals surface area contributed by atoms with Crippen LogP contribution in [0.15, 0.2) is 54.6 Å². The first-order valence-electron chi connectivity index (χ1n) is 8.53. The molecule has 3 aromatic rings. The number of benzene rings is 2. The van der Waals surface area contributed by atoms with Gasteiger partial charge in [0.1, 0.15) is 0 Å². The fourth-order valence-electron chi connectivity index (χ4n) is 3.20. The third-order valence-corrected chi connectivity index (χ3v) is 4.50. The van der Waals surface area contributed by atoms with Crippen LogP contribution in [-0.2, 0) is 11.2 Å². The van der Waals surface area contributed by atoms with Crippen molar-refractivity contribution in [1.29, 1.82) is 0 Å². The summed E-state index contributed by atoms with van der Waals surface area (Å²) in [5.74, 6) is -0.773. The molecule has 1 heterocycles. The van der Waals surface area contributed by atoms with Crippen molar-refractivity contribution >= 4 is 5.97 Å². The molecule has 0 aliphatic carbocycles. The van der Waals surface area contributed by atoms with Gasteiger partial charge >= 0.3 is 5.97 Å². The summed E-state index contributed by atoms with van der Waals surface area (Å²) < 4.78 is 2.20. The highest BCUT2D eigenvalue weighted by Crippen LogP contribution is 2.29. The van der Waals surface area contributed by atoms with E-state index in [9.17, 15) is 4.79 Å². The number of nitrogens with zero attached hydrogens (tertiary/aromatic N) is 1. The Morgan fingerprint density at radius 3 is 2.24 bits per heavy atom. The lowest BCUT2D eigenvalue weighted by atomic mass is 10.1. The fourth-order valence-corrected chi connectivity index (χ4v) is 3.20. The SMILES string of the molecule is Cc1ccc(-c2ccc(CCC(=O)O)n2-c2ccc(C)cc2C)cc1. The molecule has 0 radical (unpaired) electrons. The lowest BCUT2D eigenvalue weighted by molar-refractivity contribution is -0.136. The molecule has 0 bridgehead atoms. The number of aliphatic carboxylic acids is 1. The Balaban J connectivity index is 2.15. The second-order valence-corrected chi connectivity index (χ2v) is 6.60. The van der Waals surface area contributed by atoms with Crippen molar-refractivity contribution in [2.75, 3.05) is 0 Å². The van der Waals surface area contributed by atoms with Crippen LogP contribution in [0.3, 0.4) is 0 Å². The van der Waals surface area contributed by atoms with Gasteiger partial charge < -0.3 is 9.67 Å². The van der Waals surface area contributed by atoms with Gasteiger partial charge in [-0.05, 0) is 56.5 Å². The van der Waals surface area contributed by atoms with Gasteiger partial charge in [-0.1, -0.05) is 47.5 Å². The van der Waals surface area contributed by atoms with Gasteiger partial charge in [-0.3, -0.25) is 4.79 Å². The van der Waals surface area contributed by atoms with E-state index in [0.29, 0.717) is 6.42 Å². The number of aryl methyl sites for hydroxylation is 4. The van der Waals surface area contributed by atoms with Gasteiger partial charge in [0.05, 0.1) is 12.1 Å². The number of hydrogen-bond donors (Lipinski definition) is 1. The Kier molecular flexibility index (Phi) is 4.75. The molecule has 0 fully saturated rings. The predicted octanol–water partition coefficient (Wildman–Crippen LogP) is 5.09. The Labute approximate surface area is 148 Å². The Hall–Kier alpha value is -2.81. The van der Waals surface area contributed by atoms with E-state index in [1.807, 2.05) is 6.07 Å². The van der Waals surface area contributed by atoms with Crippen molar-refractivity contribution in [2.45, 2.75) is 33.6 Å². The van der Waals surface area contributed by atoms with Crippen LogP contribution < -0.4 is 0 Å². The van der Waals surface area contributed by atoms with Crippen LogP contribution in [0.5, 0.6) is 0 Å². The molecule has 25 heavy (non-hydrogen) atoms. The monoisotopic (exact) mass is 333 g/mol. The summed E-state index contributed by atoms with van der Waals surface area (Å²) in [6.45, 7) is 6.26. The van der Waals surface area contributed by atoms with Crippen molar-refractivity contribution in [3.63, 3.8) is 0 Å². The maximum atomic E-state index is 11.0. The molecule has 128 valence electrons. The number of carboxylic acid groups (broad SMARTS) is 1. The Morgan fingerprint density at radius 2 is 1.60 bits per heavy atom. The molecule has 3 heteroatoms. The second-order valence-electron chi connectivity index (χ2n) is 6.60. The van der Waals surface area contributed by atoms with Crippen LogP contribution in [0.1, 0.15) is 28.8 Å².